The fourth-order valence-corrected chi connectivity index (χ4v) is 5.06. The van der Waals surface area contributed by atoms with Crippen LogP contribution in [0.25, 0.3) is 11.1 Å². The zero-order chi connectivity index (χ0) is 20.9. The summed E-state index contributed by atoms with van der Waals surface area (Å²) in [6.07, 6.45) is -0.183. The maximum Gasteiger partial charge on any atom is 0.408 e. The van der Waals surface area contributed by atoms with Gasteiger partial charge in [-0.15, -0.1) is 0 Å². The Morgan fingerprint density at radius 3 is 2.31 bits per heavy atom. The number of alkyl carbamates (subject to hydrolysis) is 1. The average Bonchev–Trinajstić information content (AvgIpc) is 3.03. The maximum absolute atomic E-state index is 12.3. The van der Waals surface area contributed by atoms with Gasteiger partial charge in [0.15, 0.2) is 7.37 Å². The van der Waals surface area contributed by atoms with Gasteiger partial charge in [0.2, 0.25) is 0 Å². The van der Waals surface area contributed by atoms with E-state index >= 15 is 0 Å². The fourth-order valence-electron chi connectivity index (χ4n) is 3.65. The predicted molar refractivity (Wildman–Crippen MR) is 112 cm³/mol. The molecule has 0 fully saturated rings. The number of carbonyl (C=O) groups is 1. The summed E-state index contributed by atoms with van der Waals surface area (Å²) in [5.41, 5.74) is 4.56. The summed E-state index contributed by atoms with van der Waals surface area (Å²) in [5, 5.41) is 11.8. The van der Waals surface area contributed by atoms with Crippen molar-refractivity contribution in [3.63, 3.8) is 0 Å². The Morgan fingerprint density at radius 2 is 1.76 bits per heavy atom. The molecule has 3 rings (SSSR count). The molecule has 0 heterocycles. The van der Waals surface area contributed by atoms with E-state index in [1.54, 1.807) is 6.92 Å². The van der Waals surface area contributed by atoms with Gasteiger partial charge in [-0.05, 0) is 35.6 Å². The third kappa shape index (κ3) is 5.06. The fraction of sp³-hybridized carbons (Fsp3) is 0.364. The standard InChI is InChI=1S/C22H25N2O4P/c1-3-28-29(2,26)13-12-16(14-23)24-22(25)27-15-21-19-10-6-4-8-17(19)18-9-5-7-11-20(18)21/h4-11,16,21H,3,12-13,15H2,1-2H3,(H,24,25). The number of nitriles is 1. The number of benzene rings is 2. The monoisotopic (exact) mass is 412 g/mol. The first kappa shape index (κ1) is 21.1. The van der Waals surface area contributed by atoms with E-state index in [-0.39, 0.29) is 25.1 Å². The van der Waals surface area contributed by atoms with Crippen molar-refractivity contribution in [2.75, 3.05) is 26.0 Å². The van der Waals surface area contributed by atoms with Gasteiger partial charge >= 0.3 is 6.09 Å². The number of rotatable bonds is 8. The summed E-state index contributed by atoms with van der Waals surface area (Å²) < 4.78 is 22.8. The van der Waals surface area contributed by atoms with Crippen LogP contribution in [0.3, 0.4) is 0 Å². The molecule has 0 bridgehead atoms. The van der Waals surface area contributed by atoms with Crippen molar-refractivity contribution in [1.82, 2.24) is 5.32 Å². The molecule has 6 nitrogen and oxygen atoms in total. The number of nitrogens with zero attached hydrogens (tertiary/aromatic N) is 1. The highest BCUT2D eigenvalue weighted by molar-refractivity contribution is 7.58. The van der Waals surface area contributed by atoms with Crippen LogP contribution in [0.2, 0.25) is 0 Å². The molecule has 1 aliphatic rings. The second kappa shape index (κ2) is 9.26. The molecule has 0 saturated carbocycles. The van der Waals surface area contributed by atoms with Crippen LogP contribution in [-0.2, 0) is 13.8 Å². The Morgan fingerprint density at radius 1 is 1.17 bits per heavy atom. The molecule has 7 heteroatoms. The van der Waals surface area contributed by atoms with Gasteiger partial charge < -0.3 is 14.6 Å². The van der Waals surface area contributed by atoms with Gasteiger partial charge in [0.25, 0.3) is 0 Å². The molecule has 2 atom stereocenters. The number of fused-ring (bicyclic) bond motifs is 3. The van der Waals surface area contributed by atoms with E-state index in [4.69, 9.17) is 9.26 Å². The summed E-state index contributed by atoms with van der Waals surface area (Å²) in [7, 11) is -2.75. The van der Waals surface area contributed by atoms with E-state index in [1.807, 2.05) is 42.5 Å². The van der Waals surface area contributed by atoms with Crippen LogP contribution in [0.15, 0.2) is 48.5 Å². The van der Waals surface area contributed by atoms with Gasteiger partial charge in [-0.25, -0.2) is 4.79 Å². The van der Waals surface area contributed by atoms with Crippen LogP contribution in [0.5, 0.6) is 0 Å². The molecule has 2 aromatic carbocycles. The first-order valence-electron chi connectivity index (χ1n) is 9.67. The third-order valence-electron chi connectivity index (χ3n) is 5.02. The lowest BCUT2D eigenvalue weighted by Crippen LogP contribution is -2.35. The molecule has 1 amide bonds. The van der Waals surface area contributed by atoms with Gasteiger partial charge in [0.1, 0.15) is 12.6 Å². The van der Waals surface area contributed by atoms with Gasteiger partial charge in [-0.1, -0.05) is 48.5 Å². The van der Waals surface area contributed by atoms with Gasteiger partial charge in [-0.2, -0.15) is 5.26 Å². The Hall–Kier alpha value is -2.61. The van der Waals surface area contributed by atoms with Crippen LogP contribution in [-0.4, -0.2) is 38.2 Å². The van der Waals surface area contributed by atoms with Crippen LogP contribution in [0, 0.1) is 11.3 Å². The predicted octanol–water partition coefficient (Wildman–Crippen LogP) is 4.75. The molecule has 2 unspecified atom stereocenters. The second-order valence-corrected chi connectivity index (χ2v) is 9.83. The van der Waals surface area contributed by atoms with Crippen molar-refractivity contribution in [1.29, 1.82) is 5.26 Å². The number of amides is 1. The van der Waals surface area contributed by atoms with E-state index in [9.17, 15) is 14.6 Å². The highest BCUT2D eigenvalue weighted by atomic mass is 31.2. The number of carbonyl (C=O) groups excluding carboxylic acids is 1. The first-order valence-corrected chi connectivity index (χ1v) is 11.9. The minimum atomic E-state index is -2.75. The minimum Gasteiger partial charge on any atom is -0.449 e. The van der Waals surface area contributed by atoms with E-state index in [0.717, 1.165) is 22.3 Å². The number of nitrogens with one attached hydrogen (secondary N) is 1. The van der Waals surface area contributed by atoms with Crippen molar-refractivity contribution in [2.45, 2.75) is 25.3 Å². The summed E-state index contributed by atoms with van der Waals surface area (Å²) in [6.45, 7) is 3.85. The topological polar surface area (TPSA) is 88.4 Å². The van der Waals surface area contributed by atoms with E-state index in [2.05, 4.69) is 17.4 Å². The van der Waals surface area contributed by atoms with Gasteiger partial charge in [0.05, 0.1) is 12.7 Å². The Balaban J connectivity index is 1.59. The Labute approximate surface area is 171 Å². The zero-order valence-electron chi connectivity index (χ0n) is 16.6. The summed E-state index contributed by atoms with van der Waals surface area (Å²) in [4.78, 5) is 12.3. The maximum atomic E-state index is 12.3. The second-order valence-electron chi connectivity index (χ2n) is 7.10. The molecule has 152 valence electrons. The largest absolute Gasteiger partial charge is 0.449 e. The third-order valence-corrected chi connectivity index (χ3v) is 6.89. The average molecular weight is 412 g/mol. The van der Waals surface area contributed by atoms with Gasteiger partial charge in [-0.3, -0.25) is 4.57 Å². The number of hydrogen-bond acceptors (Lipinski definition) is 5. The summed E-state index contributed by atoms with van der Waals surface area (Å²) >= 11 is 0. The molecule has 0 aliphatic heterocycles. The molecular formula is C22H25N2O4P. The van der Waals surface area contributed by atoms with Crippen LogP contribution in [0.1, 0.15) is 30.4 Å². The minimum absolute atomic E-state index is 0.0394. The van der Waals surface area contributed by atoms with Crippen molar-refractivity contribution in [3.8, 4) is 17.2 Å². The molecule has 0 spiro atoms. The molecule has 1 aliphatic carbocycles. The lowest BCUT2D eigenvalue weighted by Gasteiger charge is -2.17. The quantitative estimate of drug-likeness (QED) is 0.632. The van der Waals surface area contributed by atoms with E-state index in [0.29, 0.717) is 6.61 Å². The van der Waals surface area contributed by atoms with Crippen LogP contribution >= 0.6 is 7.37 Å². The lowest BCUT2D eigenvalue weighted by atomic mass is 9.98. The van der Waals surface area contributed by atoms with Crippen LogP contribution in [0.4, 0.5) is 4.79 Å². The lowest BCUT2D eigenvalue weighted by molar-refractivity contribution is 0.141. The van der Waals surface area contributed by atoms with Crippen molar-refractivity contribution in [3.05, 3.63) is 59.7 Å². The number of hydrogen-bond donors (Lipinski definition) is 1. The highest BCUT2D eigenvalue weighted by Crippen LogP contribution is 2.44. The van der Waals surface area contributed by atoms with Crippen LogP contribution < -0.4 is 5.32 Å². The Kier molecular flexibility index (Phi) is 6.74. The van der Waals surface area contributed by atoms with Gasteiger partial charge in [0, 0.05) is 18.7 Å². The molecule has 0 aromatic heterocycles. The van der Waals surface area contributed by atoms with E-state index < -0.39 is 19.5 Å². The molecular weight excluding hydrogens is 387 g/mol. The smallest absolute Gasteiger partial charge is 0.408 e. The molecule has 29 heavy (non-hydrogen) atoms. The highest BCUT2D eigenvalue weighted by Gasteiger charge is 2.29. The summed E-state index contributed by atoms with van der Waals surface area (Å²) in [5.74, 6) is -0.0394. The van der Waals surface area contributed by atoms with Crippen molar-refractivity contribution in [2.24, 2.45) is 0 Å². The SMILES string of the molecule is CCOP(C)(=O)CCC(C#N)NC(=O)OCC1c2ccccc2-c2ccccc21. The molecule has 0 saturated heterocycles. The van der Waals surface area contributed by atoms with Crippen molar-refractivity contribution < 1.29 is 18.6 Å². The normalized spacial score (nSPS) is 15.5. The molecule has 2 aromatic rings. The zero-order valence-corrected chi connectivity index (χ0v) is 17.5. The first-order chi connectivity index (χ1) is 13.9. The Bertz CT molecular complexity index is 924. The number of ether oxygens (including phenoxy) is 1. The molecule has 1 N–H and O–H groups in total. The van der Waals surface area contributed by atoms with E-state index in [1.165, 1.54) is 6.66 Å². The summed E-state index contributed by atoms with van der Waals surface area (Å²) in [6, 6.07) is 17.4. The molecule has 0 radical (unpaired) electrons. The van der Waals surface area contributed by atoms with Crippen molar-refractivity contribution >= 4 is 13.5 Å².